The van der Waals surface area contributed by atoms with Crippen LogP contribution in [-0.2, 0) is 6.54 Å². The maximum atomic E-state index is 12.3. The van der Waals surface area contributed by atoms with E-state index >= 15 is 0 Å². The molecular weight excluding hydrogens is 341 g/mol. The fourth-order valence-corrected chi connectivity index (χ4v) is 2.95. The fourth-order valence-electron chi connectivity index (χ4n) is 2.45. The van der Waals surface area contributed by atoms with Gasteiger partial charge in [-0.1, -0.05) is 67.4 Å². The molecule has 0 aromatic heterocycles. The van der Waals surface area contributed by atoms with E-state index in [0.717, 1.165) is 25.2 Å². The summed E-state index contributed by atoms with van der Waals surface area (Å²) in [6, 6.07) is 13.1. The lowest BCUT2D eigenvalue weighted by Crippen LogP contribution is -2.22. The minimum absolute atomic E-state index is 0.134. The van der Waals surface area contributed by atoms with Crippen molar-refractivity contribution in [2.75, 3.05) is 13.1 Å². The first kappa shape index (κ1) is 18.7. The Morgan fingerprint density at radius 3 is 2.50 bits per heavy atom. The summed E-state index contributed by atoms with van der Waals surface area (Å²) in [6.07, 6.45) is 3.37. The van der Waals surface area contributed by atoms with Gasteiger partial charge in [0.25, 0.3) is 0 Å². The van der Waals surface area contributed by atoms with Crippen molar-refractivity contribution in [2.24, 2.45) is 0 Å². The Bertz CT molecular complexity index is 736. The van der Waals surface area contributed by atoms with Gasteiger partial charge in [-0.15, -0.1) is 0 Å². The molecule has 0 heterocycles. The number of carbonyl (C=O) groups excluding carboxylic acids is 1. The predicted molar refractivity (Wildman–Crippen MR) is 103 cm³/mol. The highest BCUT2D eigenvalue weighted by atomic mass is 35.5. The van der Waals surface area contributed by atoms with E-state index in [2.05, 4.69) is 30.9 Å². The lowest BCUT2D eigenvalue weighted by Gasteiger charge is -2.18. The average molecular weight is 362 g/mol. The van der Waals surface area contributed by atoms with Crippen LogP contribution in [0.15, 0.2) is 48.5 Å². The molecule has 0 amide bonds. The molecule has 0 aliphatic rings. The maximum absolute atomic E-state index is 12.3. The maximum Gasteiger partial charge on any atom is 0.187 e. The summed E-state index contributed by atoms with van der Waals surface area (Å²) in [5, 5.41) is 0.886. The molecule has 0 saturated heterocycles. The Hall–Kier alpha value is -1.61. The first-order valence-corrected chi connectivity index (χ1v) is 8.77. The number of carbonyl (C=O) groups is 1. The van der Waals surface area contributed by atoms with Crippen LogP contribution in [0.5, 0.6) is 0 Å². The van der Waals surface area contributed by atoms with Crippen LogP contribution >= 0.6 is 23.2 Å². The molecule has 0 spiro atoms. The van der Waals surface area contributed by atoms with E-state index in [1.54, 1.807) is 24.3 Å². The molecule has 2 aromatic carbocycles. The molecule has 0 bridgehead atoms. The molecule has 0 radical (unpaired) electrons. The Morgan fingerprint density at radius 2 is 1.83 bits per heavy atom. The summed E-state index contributed by atoms with van der Waals surface area (Å²) in [6.45, 7) is 7.25. The fraction of sp³-hybridized carbons (Fsp3) is 0.250. The monoisotopic (exact) mass is 361 g/mol. The van der Waals surface area contributed by atoms with E-state index in [9.17, 15) is 4.79 Å². The Morgan fingerprint density at radius 1 is 1.08 bits per heavy atom. The summed E-state index contributed by atoms with van der Waals surface area (Å²) in [5.74, 6) is -0.134. The molecule has 0 aliphatic carbocycles. The summed E-state index contributed by atoms with van der Waals surface area (Å²) < 4.78 is 0. The summed E-state index contributed by atoms with van der Waals surface area (Å²) in [5.41, 5.74) is 2.69. The van der Waals surface area contributed by atoms with Crippen molar-refractivity contribution < 1.29 is 4.79 Å². The molecule has 0 aliphatic heterocycles. The number of hydrogen-bond acceptors (Lipinski definition) is 2. The third-order valence-corrected chi connectivity index (χ3v) is 4.42. The third kappa shape index (κ3) is 5.20. The second kappa shape index (κ2) is 9.03. The van der Waals surface area contributed by atoms with Crippen LogP contribution in [0.25, 0.3) is 6.08 Å². The van der Waals surface area contributed by atoms with E-state index in [1.807, 2.05) is 18.2 Å². The van der Waals surface area contributed by atoms with E-state index in [4.69, 9.17) is 23.2 Å². The molecule has 4 heteroatoms. The van der Waals surface area contributed by atoms with Gasteiger partial charge >= 0.3 is 0 Å². The summed E-state index contributed by atoms with van der Waals surface area (Å²) >= 11 is 11.9. The molecule has 24 heavy (non-hydrogen) atoms. The number of allylic oxidation sites excluding steroid dienone is 1. The van der Waals surface area contributed by atoms with Crippen molar-refractivity contribution in [3.63, 3.8) is 0 Å². The Balaban J connectivity index is 2.12. The van der Waals surface area contributed by atoms with Crippen molar-refractivity contribution in [1.82, 2.24) is 4.90 Å². The van der Waals surface area contributed by atoms with Gasteiger partial charge in [0, 0.05) is 17.1 Å². The van der Waals surface area contributed by atoms with E-state index in [1.165, 1.54) is 5.56 Å². The smallest absolute Gasteiger partial charge is 0.187 e. The minimum Gasteiger partial charge on any atom is -0.300 e. The van der Waals surface area contributed by atoms with Gasteiger partial charge in [-0.05, 0) is 48.5 Å². The van der Waals surface area contributed by atoms with Gasteiger partial charge < -0.3 is 0 Å². The topological polar surface area (TPSA) is 20.3 Å². The van der Waals surface area contributed by atoms with Crippen molar-refractivity contribution >= 4 is 35.1 Å². The molecule has 0 atom stereocenters. The zero-order valence-corrected chi connectivity index (χ0v) is 15.4. The van der Waals surface area contributed by atoms with Crippen molar-refractivity contribution in [3.8, 4) is 0 Å². The van der Waals surface area contributed by atoms with E-state index in [0.29, 0.717) is 15.6 Å². The highest BCUT2D eigenvalue weighted by Gasteiger charge is 2.08. The van der Waals surface area contributed by atoms with Gasteiger partial charge in [-0.3, -0.25) is 9.69 Å². The highest BCUT2D eigenvalue weighted by molar-refractivity contribution is 6.37. The predicted octanol–water partition coefficient (Wildman–Crippen LogP) is 5.73. The molecular formula is C20H21Cl2NO. The summed E-state index contributed by atoms with van der Waals surface area (Å²) in [7, 11) is 0. The second-order valence-electron chi connectivity index (χ2n) is 5.53. The number of ketones is 1. The van der Waals surface area contributed by atoms with Crippen molar-refractivity contribution in [1.29, 1.82) is 0 Å². The molecule has 126 valence electrons. The normalized spacial score (nSPS) is 11.4. The van der Waals surface area contributed by atoms with Crippen LogP contribution in [0, 0.1) is 0 Å². The van der Waals surface area contributed by atoms with Crippen molar-refractivity contribution in [2.45, 2.75) is 20.4 Å². The van der Waals surface area contributed by atoms with Gasteiger partial charge in [0.1, 0.15) is 0 Å². The standard InChI is InChI=1S/C20H21Cl2NO/c1-3-23(4-2)14-16-7-5-6-15(12-16)8-11-20(24)18-10-9-17(21)13-19(18)22/h5-13H,3-4,14H2,1-2H3/b11-8+. The molecule has 0 N–H and O–H groups in total. The Kier molecular flexibility index (Phi) is 7.04. The van der Waals surface area contributed by atoms with Crippen LogP contribution in [0.1, 0.15) is 35.3 Å². The van der Waals surface area contributed by atoms with E-state index in [-0.39, 0.29) is 5.78 Å². The third-order valence-electron chi connectivity index (χ3n) is 3.88. The van der Waals surface area contributed by atoms with Gasteiger partial charge in [0.2, 0.25) is 0 Å². The van der Waals surface area contributed by atoms with E-state index < -0.39 is 0 Å². The SMILES string of the molecule is CCN(CC)Cc1cccc(/C=C/C(=O)c2ccc(Cl)cc2Cl)c1. The highest BCUT2D eigenvalue weighted by Crippen LogP contribution is 2.22. The number of nitrogens with zero attached hydrogens (tertiary/aromatic N) is 1. The van der Waals surface area contributed by atoms with Crippen LogP contribution < -0.4 is 0 Å². The molecule has 2 nitrogen and oxygen atoms in total. The zero-order valence-electron chi connectivity index (χ0n) is 13.9. The van der Waals surface area contributed by atoms with Gasteiger partial charge in [0.05, 0.1) is 5.02 Å². The second-order valence-corrected chi connectivity index (χ2v) is 6.37. The quantitative estimate of drug-likeness (QED) is 0.463. The van der Waals surface area contributed by atoms with Crippen LogP contribution in [0.2, 0.25) is 10.0 Å². The largest absolute Gasteiger partial charge is 0.300 e. The van der Waals surface area contributed by atoms with Crippen LogP contribution in [0.4, 0.5) is 0 Å². The number of benzene rings is 2. The number of rotatable bonds is 7. The first-order chi connectivity index (χ1) is 11.5. The Labute approximate surface area is 153 Å². The molecule has 2 rings (SSSR count). The molecule has 0 saturated carbocycles. The van der Waals surface area contributed by atoms with Gasteiger partial charge in [0.15, 0.2) is 5.78 Å². The number of hydrogen-bond donors (Lipinski definition) is 0. The van der Waals surface area contributed by atoms with Crippen LogP contribution in [-0.4, -0.2) is 23.8 Å². The number of halogens is 2. The lowest BCUT2D eigenvalue weighted by molar-refractivity contribution is 0.104. The van der Waals surface area contributed by atoms with Crippen LogP contribution in [0.3, 0.4) is 0 Å². The lowest BCUT2D eigenvalue weighted by atomic mass is 10.1. The average Bonchev–Trinajstić information content (AvgIpc) is 2.58. The molecule has 2 aromatic rings. The molecule has 0 unspecified atom stereocenters. The van der Waals surface area contributed by atoms with Gasteiger partial charge in [-0.2, -0.15) is 0 Å². The minimum atomic E-state index is -0.134. The summed E-state index contributed by atoms with van der Waals surface area (Å²) in [4.78, 5) is 14.6. The van der Waals surface area contributed by atoms with Crippen molar-refractivity contribution in [3.05, 3.63) is 75.3 Å². The van der Waals surface area contributed by atoms with Gasteiger partial charge in [-0.25, -0.2) is 0 Å². The zero-order chi connectivity index (χ0) is 17.5. The first-order valence-electron chi connectivity index (χ1n) is 8.02. The molecule has 0 fully saturated rings.